The maximum Gasteiger partial charge on any atom is 0.141 e. The number of hydrogen-bond acceptors (Lipinski definition) is 4. The molecule has 0 bridgehead atoms. The number of benzene rings is 1. The van der Waals surface area contributed by atoms with Gasteiger partial charge in [0.25, 0.3) is 0 Å². The van der Waals surface area contributed by atoms with E-state index >= 15 is 0 Å². The molecule has 0 atom stereocenters. The van der Waals surface area contributed by atoms with Crippen LogP contribution in [-0.4, -0.2) is 4.98 Å². The molecular formula is C14H18N4. The highest BCUT2D eigenvalue weighted by molar-refractivity contribution is 5.51. The molecule has 0 aliphatic carbocycles. The predicted molar refractivity (Wildman–Crippen MR) is 75.2 cm³/mol. The standard InChI is InChI=1S/C14H18N4/c1-2-11-3-5-12(6-4-11)10-17-13-7-8-16-14(9-13)18-15/h3-9H,2,10,15H2,1H3,(H2,16,17,18). The lowest BCUT2D eigenvalue weighted by Crippen LogP contribution is -2.09. The lowest BCUT2D eigenvalue weighted by Gasteiger charge is -2.08. The Kier molecular flexibility index (Phi) is 4.15. The van der Waals surface area contributed by atoms with Crippen LogP contribution in [0.15, 0.2) is 42.6 Å². The van der Waals surface area contributed by atoms with Crippen LogP contribution in [0.3, 0.4) is 0 Å². The summed E-state index contributed by atoms with van der Waals surface area (Å²) in [5.74, 6) is 5.97. The number of hydrazine groups is 1. The van der Waals surface area contributed by atoms with E-state index in [0.29, 0.717) is 5.82 Å². The molecule has 1 heterocycles. The second-order valence-electron chi connectivity index (χ2n) is 4.10. The molecule has 0 aliphatic heterocycles. The molecule has 18 heavy (non-hydrogen) atoms. The minimum atomic E-state index is 0.654. The van der Waals surface area contributed by atoms with Crippen molar-refractivity contribution in [1.82, 2.24) is 4.98 Å². The molecule has 0 saturated heterocycles. The van der Waals surface area contributed by atoms with E-state index in [1.165, 1.54) is 11.1 Å². The van der Waals surface area contributed by atoms with Crippen LogP contribution in [0.2, 0.25) is 0 Å². The Morgan fingerprint density at radius 2 is 1.83 bits per heavy atom. The molecule has 0 fully saturated rings. The van der Waals surface area contributed by atoms with E-state index in [-0.39, 0.29) is 0 Å². The van der Waals surface area contributed by atoms with Crippen molar-refractivity contribution in [3.05, 3.63) is 53.7 Å². The second-order valence-corrected chi connectivity index (χ2v) is 4.10. The fourth-order valence-electron chi connectivity index (χ4n) is 1.72. The summed E-state index contributed by atoms with van der Waals surface area (Å²) in [5.41, 5.74) is 6.14. The topological polar surface area (TPSA) is 63.0 Å². The van der Waals surface area contributed by atoms with Gasteiger partial charge in [-0.2, -0.15) is 0 Å². The van der Waals surface area contributed by atoms with E-state index in [9.17, 15) is 0 Å². The second kappa shape index (κ2) is 6.02. The Balaban J connectivity index is 1.97. The van der Waals surface area contributed by atoms with Crippen molar-refractivity contribution in [2.75, 3.05) is 10.7 Å². The number of hydrogen-bond donors (Lipinski definition) is 3. The van der Waals surface area contributed by atoms with Gasteiger partial charge in [-0.1, -0.05) is 31.2 Å². The Bertz CT molecular complexity index is 493. The summed E-state index contributed by atoms with van der Waals surface area (Å²) < 4.78 is 0. The van der Waals surface area contributed by atoms with Gasteiger partial charge in [-0.15, -0.1) is 0 Å². The average Bonchev–Trinajstić information content (AvgIpc) is 2.46. The molecule has 0 amide bonds. The molecule has 1 aromatic heterocycles. The number of nitrogens with two attached hydrogens (primary N) is 1. The molecule has 94 valence electrons. The number of nitrogens with one attached hydrogen (secondary N) is 2. The number of nitrogen functional groups attached to an aromatic ring is 1. The molecule has 0 spiro atoms. The molecular weight excluding hydrogens is 224 g/mol. The van der Waals surface area contributed by atoms with Gasteiger partial charge in [0.15, 0.2) is 0 Å². The molecule has 1 aromatic carbocycles. The molecule has 0 aliphatic rings. The molecule has 2 rings (SSSR count). The fraction of sp³-hybridized carbons (Fsp3) is 0.214. The van der Waals surface area contributed by atoms with Gasteiger partial charge >= 0.3 is 0 Å². The zero-order valence-electron chi connectivity index (χ0n) is 10.5. The molecule has 0 radical (unpaired) electrons. The van der Waals surface area contributed by atoms with E-state index in [0.717, 1.165) is 18.7 Å². The lowest BCUT2D eigenvalue weighted by molar-refractivity contribution is 1.10. The monoisotopic (exact) mass is 242 g/mol. The van der Waals surface area contributed by atoms with Crippen molar-refractivity contribution in [3.63, 3.8) is 0 Å². The lowest BCUT2D eigenvalue weighted by atomic mass is 10.1. The predicted octanol–water partition coefficient (Wildman–Crippen LogP) is 2.54. The average molecular weight is 242 g/mol. The van der Waals surface area contributed by atoms with Gasteiger partial charge in [-0.05, 0) is 23.6 Å². The largest absolute Gasteiger partial charge is 0.381 e. The summed E-state index contributed by atoms with van der Waals surface area (Å²) >= 11 is 0. The summed E-state index contributed by atoms with van der Waals surface area (Å²) in [6.07, 6.45) is 2.79. The van der Waals surface area contributed by atoms with Crippen molar-refractivity contribution >= 4 is 11.5 Å². The molecule has 0 unspecified atom stereocenters. The van der Waals surface area contributed by atoms with Gasteiger partial charge in [0.1, 0.15) is 5.82 Å². The van der Waals surface area contributed by atoms with Gasteiger partial charge in [0.2, 0.25) is 0 Å². The van der Waals surface area contributed by atoms with E-state index in [1.54, 1.807) is 6.20 Å². The first-order chi connectivity index (χ1) is 8.81. The minimum absolute atomic E-state index is 0.654. The van der Waals surface area contributed by atoms with Crippen molar-refractivity contribution in [2.24, 2.45) is 5.84 Å². The summed E-state index contributed by atoms with van der Waals surface area (Å²) in [6.45, 7) is 2.95. The van der Waals surface area contributed by atoms with Gasteiger partial charge in [-0.25, -0.2) is 10.8 Å². The van der Waals surface area contributed by atoms with Crippen LogP contribution in [0.1, 0.15) is 18.1 Å². The van der Waals surface area contributed by atoms with Crippen LogP contribution in [0, 0.1) is 0 Å². The minimum Gasteiger partial charge on any atom is -0.381 e. The number of nitrogens with zero attached hydrogens (tertiary/aromatic N) is 1. The summed E-state index contributed by atoms with van der Waals surface area (Å²) in [5, 5.41) is 3.34. The molecule has 4 heteroatoms. The summed E-state index contributed by atoms with van der Waals surface area (Å²) in [7, 11) is 0. The first kappa shape index (κ1) is 12.4. The quantitative estimate of drug-likeness (QED) is 0.557. The first-order valence-electron chi connectivity index (χ1n) is 6.06. The summed E-state index contributed by atoms with van der Waals surface area (Å²) in [6, 6.07) is 12.4. The van der Waals surface area contributed by atoms with Crippen molar-refractivity contribution in [3.8, 4) is 0 Å². The fourth-order valence-corrected chi connectivity index (χ4v) is 1.72. The van der Waals surface area contributed by atoms with Crippen LogP contribution in [-0.2, 0) is 13.0 Å². The third kappa shape index (κ3) is 3.21. The zero-order chi connectivity index (χ0) is 12.8. The van der Waals surface area contributed by atoms with Crippen LogP contribution >= 0.6 is 0 Å². The highest BCUT2D eigenvalue weighted by Gasteiger charge is 1.97. The summed E-state index contributed by atoms with van der Waals surface area (Å²) in [4.78, 5) is 4.06. The molecule has 4 nitrogen and oxygen atoms in total. The molecule has 0 saturated carbocycles. The highest BCUT2D eigenvalue weighted by atomic mass is 15.2. The maximum absolute atomic E-state index is 5.32. The van der Waals surface area contributed by atoms with Gasteiger partial charge in [0, 0.05) is 24.5 Å². The van der Waals surface area contributed by atoms with Crippen LogP contribution in [0.5, 0.6) is 0 Å². The van der Waals surface area contributed by atoms with Crippen LogP contribution in [0.25, 0.3) is 0 Å². The smallest absolute Gasteiger partial charge is 0.141 e. The van der Waals surface area contributed by atoms with E-state index < -0.39 is 0 Å². The van der Waals surface area contributed by atoms with E-state index in [4.69, 9.17) is 5.84 Å². The Labute approximate surface area is 107 Å². The Morgan fingerprint density at radius 3 is 2.50 bits per heavy atom. The number of rotatable bonds is 5. The third-order valence-electron chi connectivity index (χ3n) is 2.84. The SMILES string of the molecule is CCc1ccc(CNc2ccnc(NN)c2)cc1. The normalized spacial score (nSPS) is 10.1. The van der Waals surface area contributed by atoms with E-state index in [2.05, 4.69) is 46.9 Å². The van der Waals surface area contributed by atoms with Crippen molar-refractivity contribution < 1.29 is 0 Å². The van der Waals surface area contributed by atoms with Gasteiger partial charge in [-0.3, -0.25) is 0 Å². The van der Waals surface area contributed by atoms with Gasteiger partial charge < -0.3 is 10.7 Å². The Hall–Kier alpha value is -2.07. The number of aryl methyl sites for hydroxylation is 1. The number of pyridine rings is 1. The Morgan fingerprint density at radius 1 is 1.11 bits per heavy atom. The van der Waals surface area contributed by atoms with Crippen molar-refractivity contribution in [2.45, 2.75) is 19.9 Å². The maximum atomic E-state index is 5.32. The number of aromatic nitrogens is 1. The first-order valence-corrected chi connectivity index (χ1v) is 6.06. The number of anilines is 2. The van der Waals surface area contributed by atoms with E-state index in [1.807, 2.05) is 12.1 Å². The zero-order valence-corrected chi connectivity index (χ0v) is 10.5. The molecule has 4 N–H and O–H groups in total. The van der Waals surface area contributed by atoms with Crippen molar-refractivity contribution in [1.29, 1.82) is 0 Å². The van der Waals surface area contributed by atoms with Crippen LogP contribution in [0.4, 0.5) is 11.5 Å². The van der Waals surface area contributed by atoms with Gasteiger partial charge in [0.05, 0.1) is 0 Å². The highest BCUT2D eigenvalue weighted by Crippen LogP contribution is 2.13. The van der Waals surface area contributed by atoms with Crippen LogP contribution < -0.4 is 16.6 Å². The molecule has 2 aromatic rings. The third-order valence-corrected chi connectivity index (χ3v) is 2.84.